The molecule has 0 heterocycles. The molecule has 0 radical (unpaired) electrons. The summed E-state index contributed by atoms with van der Waals surface area (Å²) in [6.45, 7) is 7.28. The fourth-order valence-corrected chi connectivity index (χ4v) is 4.87. The molecule has 0 spiro atoms. The molecule has 0 aromatic heterocycles. The third-order valence-corrected chi connectivity index (χ3v) is 7.38. The first-order valence-electron chi connectivity index (χ1n) is 13.9. The Morgan fingerprint density at radius 1 is 0.882 bits per heavy atom. The largest absolute Gasteiger partial charge is 0.457 e. The highest BCUT2D eigenvalue weighted by atomic mass is 31.2. The summed E-state index contributed by atoms with van der Waals surface area (Å²) in [4.78, 5) is 21.6. The minimum Gasteiger partial charge on any atom is -0.457 e. The SMILES string of the molecule is CCCCCCCCCCCCCCC(C)COCC(COP(=O)(O)CC[NH2+]C)OC(=O)CC. The Balaban J connectivity index is 3.89. The van der Waals surface area contributed by atoms with Crippen LogP contribution < -0.4 is 5.32 Å². The zero-order chi connectivity index (χ0) is 25.5. The van der Waals surface area contributed by atoms with Crippen LogP contribution in [0.3, 0.4) is 0 Å². The summed E-state index contributed by atoms with van der Waals surface area (Å²) in [5, 5.41) is 1.82. The minimum absolute atomic E-state index is 0.0644. The molecular weight excluding hydrogens is 453 g/mol. The molecule has 34 heavy (non-hydrogen) atoms. The van der Waals surface area contributed by atoms with Crippen LogP contribution in [0, 0.1) is 5.92 Å². The predicted octanol–water partition coefficient (Wildman–Crippen LogP) is 5.45. The molecule has 8 heteroatoms. The quantitative estimate of drug-likeness (QED) is 0.0967. The lowest BCUT2D eigenvalue weighted by molar-refractivity contribution is -0.622. The average molecular weight is 509 g/mol. The van der Waals surface area contributed by atoms with Crippen LogP contribution in [0.4, 0.5) is 0 Å². The van der Waals surface area contributed by atoms with Crippen LogP contribution in [0.25, 0.3) is 0 Å². The topological polar surface area (TPSA) is 98.7 Å². The second-order valence-corrected chi connectivity index (χ2v) is 11.6. The molecule has 0 saturated carbocycles. The summed E-state index contributed by atoms with van der Waals surface area (Å²) >= 11 is 0. The number of esters is 1. The van der Waals surface area contributed by atoms with Crippen LogP contribution in [0.1, 0.15) is 111 Å². The van der Waals surface area contributed by atoms with Gasteiger partial charge in [-0.15, -0.1) is 0 Å². The Hall–Kier alpha value is -0.460. The number of carbonyl (C=O) groups is 1. The molecule has 0 fully saturated rings. The monoisotopic (exact) mass is 508 g/mol. The fraction of sp³-hybridized carbons (Fsp3) is 0.962. The van der Waals surface area contributed by atoms with Gasteiger partial charge in [-0.25, -0.2) is 0 Å². The van der Waals surface area contributed by atoms with E-state index in [0.717, 1.165) is 6.42 Å². The van der Waals surface area contributed by atoms with Crippen molar-refractivity contribution in [2.45, 2.75) is 117 Å². The lowest BCUT2D eigenvalue weighted by atomic mass is 10.0. The van der Waals surface area contributed by atoms with Gasteiger partial charge in [-0.2, -0.15) is 0 Å². The van der Waals surface area contributed by atoms with E-state index in [9.17, 15) is 14.3 Å². The van der Waals surface area contributed by atoms with Crippen molar-refractivity contribution in [3.8, 4) is 0 Å². The van der Waals surface area contributed by atoms with E-state index in [1.807, 2.05) is 12.4 Å². The highest BCUT2D eigenvalue weighted by Crippen LogP contribution is 2.40. The van der Waals surface area contributed by atoms with Gasteiger partial charge in [0.2, 0.25) is 0 Å². The third-order valence-electron chi connectivity index (χ3n) is 6.01. The highest BCUT2D eigenvalue weighted by Gasteiger charge is 2.24. The van der Waals surface area contributed by atoms with E-state index in [1.54, 1.807) is 6.92 Å². The average Bonchev–Trinajstić information content (AvgIpc) is 2.81. The van der Waals surface area contributed by atoms with Crippen molar-refractivity contribution in [2.24, 2.45) is 5.92 Å². The van der Waals surface area contributed by atoms with Gasteiger partial charge in [-0.1, -0.05) is 97.8 Å². The van der Waals surface area contributed by atoms with Crippen molar-refractivity contribution in [2.75, 3.05) is 39.6 Å². The second-order valence-electron chi connectivity index (χ2n) is 9.64. The number of ether oxygens (including phenoxy) is 2. The Morgan fingerprint density at radius 2 is 1.44 bits per heavy atom. The lowest BCUT2D eigenvalue weighted by Gasteiger charge is -2.20. The highest BCUT2D eigenvalue weighted by molar-refractivity contribution is 7.52. The lowest BCUT2D eigenvalue weighted by Crippen LogP contribution is -2.80. The fourth-order valence-electron chi connectivity index (χ4n) is 3.76. The van der Waals surface area contributed by atoms with E-state index in [1.165, 1.54) is 77.0 Å². The van der Waals surface area contributed by atoms with E-state index >= 15 is 0 Å². The van der Waals surface area contributed by atoms with Crippen LogP contribution in [-0.2, 0) is 23.4 Å². The molecule has 0 aliphatic heterocycles. The number of quaternary nitrogens is 1. The molecule has 0 aliphatic carbocycles. The maximum Gasteiger partial charge on any atom is 0.333 e. The minimum atomic E-state index is -3.68. The van der Waals surface area contributed by atoms with E-state index in [-0.39, 0.29) is 31.8 Å². The summed E-state index contributed by atoms with van der Waals surface area (Å²) in [6, 6.07) is 0. The molecule has 7 nitrogen and oxygen atoms in total. The zero-order valence-electron chi connectivity index (χ0n) is 22.6. The van der Waals surface area contributed by atoms with Gasteiger partial charge in [0.05, 0.1) is 33.0 Å². The summed E-state index contributed by atoms with van der Waals surface area (Å²) in [5.41, 5.74) is 0. The number of rotatable bonds is 25. The van der Waals surface area contributed by atoms with Crippen LogP contribution >= 0.6 is 7.60 Å². The van der Waals surface area contributed by atoms with Gasteiger partial charge in [-0.05, 0) is 12.3 Å². The van der Waals surface area contributed by atoms with Crippen molar-refractivity contribution in [3.05, 3.63) is 0 Å². The molecule has 3 atom stereocenters. The number of hydrogen-bond donors (Lipinski definition) is 2. The standard InChI is InChI=1S/C26H54NO6P/c1-5-7-8-9-10-11-12-13-14-15-16-17-18-24(3)21-31-22-25(33-26(28)6-2)23-32-34(29,30)20-19-27-4/h24-25,27H,5-23H2,1-4H3,(H,29,30)/p+1. The van der Waals surface area contributed by atoms with Crippen molar-refractivity contribution in [1.29, 1.82) is 0 Å². The third kappa shape index (κ3) is 22.0. The summed E-state index contributed by atoms with van der Waals surface area (Å²) < 4.78 is 28.3. The smallest absolute Gasteiger partial charge is 0.333 e. The molecule has 3 unspecified atom stereocenters. The predicted molar refractivity (Wildman–Crippen MR) is 139 cm³/mol. The van der Waals surface area contributed by atoms with Crippen LogP contribution in [0.5, 0.6) is 0 Å². The van der Waals surface area contributed by atoms with Gasteiger partial charge in [0.15, 0.2) is 0 Å². The first kappa shape index (κ1) is 33.5. The normalized spacial score (nSPS) is 15.1. The van der Waals surface area contributed by atoms with Crippen molar-refractivity contribution < 1.29 is 33.6 Å². The van der Waals surface area contributed by atoms with Gasteiger partial charge in [0.1, 0.15) is 6.10 Å². The molecule has 0 saturated heterocycles. The molecular formula is C26H55NO6P+. The van der Waals surface area contributed by atoms with E-state index in [2.05, 4.69) is 13.8 Å². The molecule has 0 aliphatic rings. The number of nitrogens with two attached hydrogens (primary N) is 1. The van der Waals surface area contributed by atoms with Crippen LogP contribution in [0.15, 0.2) is 0 Å². The van der Waals surface area contributed by atoms with E-state index in [4.69, 9.17) is 14.0 Å². The Labute approximate surface area is 209 Å². The van der Waals surface area contributed by atoms with Crippen molar-refractivity contribution >= 4 is 13.6 Å². The van der Waals surface area contributed by atoms with Gasteiger partial charge >= 0.3 is 13.6 Å². The van der Waals surface area contributed by atoms with Crippen molar-refractivity contribution in [3.63, 3.8) is 0 Å². The number of unbranched alkanes of at least 4 members (excludes halogenated alkanes) is 11. The maximum atomic E-state index is 12.0. The summed E-state index contributed by atoms with van der Waals surface area (Å²) in [6.07, 6.45) is 16.9. The molecule has 0 bridgehead atoms. The van der Waals surface area contributed by atoms with Crippen LogP contribution in [-0.4, -0.2) is 56.5 Å². The van der Waals surface area contributed by atoms with Gasteiger partial charge in [-0.3, -0.25) is 9.36 Å². The number of carbonyl (C=O) groups excluding carboxylic acids is 1. The zero-order valence-corrected chi connectivity index (χ0v) is 23.5. The van der Waals surface area contributed by atoms with E-state index in [0.29, 0.717) is 19.1 Å². The second kappa shape index (κ2) is 23.0. The first-order chi connectivity index (χ1) is 16.3. The number of hydrogen-bond acceptors (Lipinski definition) is 5. The van der Waals surface area contributed by atoms with Gasteiger partial charge in [0, 0.05) is 13.0 Å². The molecule has 3 N–H and O–H groups in total. The first-order valence-corrected chi connectivity index (χ1v) is 15.6. The van der Waals surface area contributed by atoms with Crippen LogP contribution in [0.2, 0.25) is 0 Å². The summed E-state index contributed by atoms with van der Waals surface area (Å²) in [7, 11) is -1.85. The van der Waals surface area contributed by atoms with Gasteiger partial charge < -0.3 is 24.2 Å². The Kier molecular flexibility index (Phi) is 22.7. The summed E-state index contributed by atoms with van der Waals surface area (Å²) in [5.74, 6) is 0.0620. The molecule has 204 valence electrons. The Bertz CT molecular complexity index is 520. The van der Waals surface area contributed by atoms with Crippen molar-refractivity contribution in [1.82, 2.24) is 0 Å². The Morgan fingerprint density at radius 3 is 1.97 bits per heavy atom. The molecule has 0 amide bonds. The molecule has 0 rings (SSSR count). The van der Waals surface area contributed by atoms with E-state index < -0.39 is 13.7 Å². The molecule has 0 aromatic carbocycles. The van der Waals surface area contributed by atoms with Gasteiger partial charge in [0.25, 0.3) is 0 Å². The molecule has 0 aromatic rings. The maximum absolute atomic E-state index is 12.0.